The van der Waals surface area contributed by atoms with E-state index in [1.807, 2.05) is 6.07 Å². The third-order valence-corrected chi connectivity index (χ3v) is 2.73. The van der Waals surface area contributed by atoms with Gasteiger partial charge in [-0.15, -0.1) is 0 Å². The van der Waals surface area contributed by atoms with Crippen molar-refractivity contribution < 1.29 is 9.84 Å². The molecule has 0 atom stereocenters. The summed E-state index contributed by atoms with van der Waals surface area (Å²) in [7, 11) is 1.55. The lowest BCUT2D eigenvalue weighted by atomic mass is 10.0. The van der Waals surface area contributed by atoms with Gasteiger partial charge in [-0.3, -0.25) is 0 Å². The van der Waals surface area contributed by atoms with Crippen molar-refractivity contribution >= 4 is 0 Å². The van der Waals surface area contributed by atoms with Crippen LogP contribution < -0.4 is 4.74 Å². The Labute approximate surface area is 101 Å². The molecule has 17 heavy (non-hydrogen) atoms. The average Bonchev–Trinajstić information content (AvgIpc) is 2.27. The second-order valence-corrected chi connectivity index (χ2v) is 4.26. The van der Waals surface area contributed by atoms with E-state index in [0.717, 1.165) is 11.1 Å². The van der Waals surface area contributed by atoms with Crippen molar-refractivity contribution in [1.82, 2.24) is 0 Å². The zero-order valence-electron chi connectivity index (χ0n) is 10.3. The van der Waals surface area contributed by atoms with Gasteiger partial charge in [0, 0.05) is 0 Å². The van der Waals surface area contributed by atoms with E-state index in [9.17, 15) is 5.11 Å². The van der Waals surface area contributed by atoms with Crippen LogP contribution in [-0.4, -0.2) is 12.2 Å². The van der Waals surface area contributed by atoms with Crippen LogP contribution >= 0.6 is 0 Å². The Bertz CT molecular complexity index is 524. The van der Waals surface area contributed by atoms with Crippen molar-refractivity contribution in [2.75, 3.05) is 7.11 Å². The molecule has 0 aromatic heterocycles. The van der Waals surface area contributed by atoms with Gasteiger partial charge in [-0.25, -0.2) is 0 Å². The highest BCUT2D eigenvalue weighted by Crippen LogP contribution is 2.31. The molecule has 2 aromatic rings. The van der Waals surface area contributed by atoms with E-state index in [1.54, 1.807) is 19.2 Å². The zero-order chi connectivity index (χ0) is 12.4. The number of benzene rings is 2. The Kier molecular flexibility index (Phi) is 3.05. The van der Waals surface area contributed by atoms with Crippen LogP contribution in [0.2, 0.25) is 0 Å². The van der Waals surface area contributed by atoms with Gasteiger partial charge in [-0.2, -0.15) is 0 Å². The average molecular weight is 228 g/mol. The molecule has 0 radical (unpaired) electrons. The van der Waals surface area contributed by atoms with E-state index in [4.69, 9.17) is 4.74 Å². The maximum Gasteiger partial charge on any atom is 0.160 e. The number of ether oxygens (including phenoxy) is 1. The highest BCUT2D eigenvalue weighted by atomic mass is 16.5. The molecule has 1 N–H and O–H groups in total. The van der Waals surface area contributed by atoms with E-state index < -0.39 is 0 Å². The van der Waals surface area contributed by atoms with Crippen LogP contribution in [0.3, 0.4) is 0 Å². The minimum absolute atomic E-state index is 0.171. The predicted octanol–water partition coefficient (Wildman–Crippen LogP) is 3.68. The molecule has 0 aliphatic heterocycles. The summed E-state index contributed by atoms with van der Waals surface area (Å²) in [5.74, 6) is 0.669. The Morgan fingerprint density at radius 1 is 0.882 bits per heavy atom. The van der Waals surface area contributed by atoms with Crippen molar-refractivity contribution in [3.8, 4) is 22.6 Å². The van der Waals surface area contributed by atoms with E-state index >= 15 is 0 Å². The number of phenolic OH excluding ortho intramolecular Hbond substituents is 1. The number of methoxy groups -OCH3 is 1. The lowest BCUT2D eigenvalue weighted by molar-refractivity contribution is 0.373. The molecule has 0 unspecified atom stereocenters. The predicted molar refractivity (Wildman–Crippen MR) is 69.6 cm³/mol. The van der Waals surface area contributed by atoms with Crippen molar-refractivity contribution in [2.24, 2.45) is 0 Å². The Morgan fingerprint density at radius 2 is 1.53 bits per heavy atom. The van der Waals surface area contributed by atoms with E-state index in [2.05, 4.69) is 32.0 Å². The summed E-state index contributed by atoms with van der Waals surface area (Å²) in [6.45, 7) is 4.14. The summed E-state index contributed by atoms with van der Waals surface area (Å²) in [6, 6.07) is 11.8. The Morgan fingerprint density at radius 3 is 2.06 bits per heavy atom. The van der Waals surface area contributed by atoms with Gasteiger partial charge in [0.05, 0.1) is 7.11 Å². The van der Waals surface area contributed by atoms with Gasteiger partial charge in [-0.05, 0) is 37.1 Å². The number of aryl methyl sites for hydroxylation is 2. The van der Waals surface area contributed by atoms with Crippen molar-refractivity contribution in [3.05, 3.63) is 47.5 Å². The molecule has 2 aromatic carbocycles. The third-order valence-electron chi connectivity index (χ3n) is 2.73. The van der Waals surface area contributed by atoms with Crippen LogP contribution in [0.4, 0.5) is 0 Å². The minimum atomic E-state index is 0.171. The fourth-order valence-corrected chi connectivity index (χ4v) is 2.01. The van der Waals surface area contributed by atoms with Gasteiger partial charge >= 0.3 is 0 Å². The van der Waals surface area contributed by atoms with Gasteiger partial charge in [0.1, 0.15) is 0 Å². The summed E-state index contributed by atoms with van der Waals surface area (Å²) in [5.41, 5.74) is 4.54. The lowest BCUT2D eigenvalue weighted by Crippen LogP contribution is -1.86. The molecule has 0 aliphatic carbocycles. The van der Waals surface area contributed by atoms with Gasteiger partial charge in [0.25, 0.3) is 0 Å². The van der Waals surface area contributed by atoms with E-state index in [1.165, 1.54) is 11.1 Å². The molecular weight excluding hydrogens is 212 g/mol. The molecule has 2 heteroatoms. The summed E-state index contributed by atoms with van der Waals surface area (Å²) in [5, 5.41) is 9.77. The monoisotopic (exact) mass is 228 g/mol. The molecule has 0 heterocycles. The number of rotatable bonds is 2. The first kappa shape index (κ1) is 11.5. The van der Waals surface area contributed by atoms with Crippen molar-refractivity contribution in [2.45, 2.75) is 13.8 Å². The van der Waals surface area contributed by atoms with E-state index in [-0.39, 0.29) is 5.75 Å². The molecule has 0 saturated heterocycles. The molecule has 0 spiro atoms. The summed E-state index contributed by atoms with van der Waals surface area (Å²) in [6.07, 6.45) is 0. The van der Waals surface area contributed by atoms with Gasteiger partial charge < -0.3 is 9.84 Å². The number of aromatic hydroxyl groups is 1. The van der Waals surface area contributed by atoms with Crippen LogP contribution in [0.5, 0.6) is 11.5 Å². The molecule has 0 aliphatic rings. The summed E-state index contributed by atoms with van der Waals surface area (Å²) < 4.78 is 5.03. The summed E-state index contributed by atoms with van der Waals surface area (Å²) >= 11 is 0. The van der Waals surface area contributed by atoms with Crippen LogP contribution in [-0.2, 0) is 0 Å². The lowest BCUT2D eigenvalue weighted by Gasteiger charge is -2.08. The van der Waals surface area contributed by atoms with Crippen LogP contribution in [0.15, 0.2) is 36.4 Å². The maximum atomic E-state index is 9.77. The minimum Gasteiger partial charge on any atom is -0.504 e. The number of phenols is 1. The second-order valence-electron chi connectivity index (χ2n) is 4.26. The normalized spacial score (nSPS) is 10.3. The molecule has 2 rings (SSSR count). The molecule has 2 nitrogen and oxygen atoms in total. The van der Waals surface area contributed by atoms with E-state index in [0.29, 0.717) is 5.75 Å². The highest BCUT2D eigenvalue weighted by Gasteiger charge is 2.05. The number of hydrogen-bond donors (Lipinski definition) is 1. The largest absolute Gasteiger partial charge is 0.504 e. The first-order valence-corrected chi connectivity index (χ1v) is 5.56. The third kappa shape index (κ3) is 2.41. The molecule has 0 fully saturated rings. The molecular formula is C15H16O2. The maximum absolute atomic E-state index is 9.77. The molecule has 0 bridgehead atoms. The van der Waals surface area contributed by atoms with Crippen LogP contribution in [0.1, 0.15) is 11.1 Å². The van der Waals surface area contributed by atoms with Crippen LogP contribution in [0.25, 0.3) is 11.1 Å². The highest BCUT2D eigenvalue weighted by molar-refractivity contribution is 5.68. The van der Waals surface area contributed by atoms with Gasteiger partial charge in [0.15, 0.2) is 11.5 Å². The van der Waals surface area contributed by atoms with Gasteiger partial charge in [0.2, 0.25) is 0 Å². The standard InChI is InChI=1S/C15H16O2/c1-10-6-11(2)8-13(7-10)12-4-5-15(17-3)14(16)9-12/h4-9,16H,1-3H3. The molecule has 0 amide bonds. The molecule has 0 saturated carbocycles. The first-order valence-electron chi connectivity index (χ1n) is 5.56. The zero-order valence-corrected chi connectivity index (χ0v) is 10.3. The fourth-order valence-electron chi connectivity index (χ4n) is 2.01. The fraction of sp³-hybridized carbons (Fsp3) is 0.200. The Balaban J connectivity index is 2.49. The molecule has 88 valence electrons. The Hall–Kier alpha value is -1.96. The smallest absolute Gasteiger partial charge is 0.160 e. The quantitative estimate of drug-likeness (QED) is 0.849. The first-order chi connectivity index (χ1) is 8.10. The van der Waals surface area contributed by atoms with Crippen molar-refractivity contribution in [3.63, 3.8) is 0 Å². The SMILES string of the molecule is COc1ccc(-c2cc(C)cc(C)c2)cc1O. The second kappa shape index (κ2) is 4.50. The van der Waals surface area contributed by atoms with Crippen molar-refractivity contribution in [1.29, 1.82) is 0 Å². The van der Waals surface area contributed by atoms with Crippen LogP contribution in [0, 0.1) is 13.8 Å². The van der Waals surface area contributed by atoms with Gasteiger partial charge in [-0.1, -0.05) is 35.4 Å². The topological polar surface area (TPSA) is 29.5 Å². The summed E-state index contributed by atoms with van der Waals surface area (Å²) in [4.78, 5) is 0. The number of hydrogen-bond acceptors (Lipinski definition) is 2.